The van der Waals surface area contributed by atoms with Gasteiger partial charge in [0.2, 0.25) is 5.91 Å². The van der Waals surface area contributed by atoms with Gasteiger partial charge in [0.1, 0.15) is 0 Å². The first-order valence-electron chi connectivity index (χ1n) is 24.1. The molecule has 0 saturated heterocycles. The number of carbonyl (C=O) groups excluding carboxylic acids is 2. The number of ether oxygens (including phenoxy) is 1. The molecule has 0 aromatic rings. The molecular formula is C49H93NO5. The van der Waals surface area contributed by atoms with E-state index in [4.69, 9.17) is 4.74 Å². The van der Waals surface area contributed by atoms with E-state index in [-0.39, 0.29) is 18.5 Å². The second-order valence-corrected chi connectivity index (χ2v) is 16.4. The second-order valence-electron chi connectivity index (χ2n) is 16.4. The summed E-state index contributed by atoms with van der Waals surface area (Å²) in [5.41, 5.74) is 0. The minimum absolute atomic E-state index is 0.0126. The molecule has 0 aliphatic carbocycles. The predicted molar refractivity (Wildman–Crippen MR) is 236 cm³/mol. The van der Waals surface area contributed by atoms with E-state index in [0.717, 1.165) is 70.6 Å². The van der Waals surface area contributed by atoms with Crippen molar-refractivity contribution in [3.8, 4) is 0 Å². The molecule has 0 radical (unpaired) electrons. The molecule has 0 rings (SSSR count). The summed E-state index contributed by atoms with van der Waals surface area (Å²) < 4.78 is 5.45. The minimum Gasteiger partial charge on any atom is -0.466 e. The van der Waals surface area contributed by atoms with E-state index in [0.29, 0.717) is 19.4 Å². The number of unbranched alkanes of at least 4 members (excludes halogenated alkanes) is 31. The van der Waals surface area contributed by atoms with E-state index in [1.165, 1.54) is 154 Å². The summed E-state index contributed by atoms with van der Waals surface area (Å²) in [5, 5.41) is 22.9. The zero-order chi connectivity index (χ0) is 40.1. The third-order valence-electron chi connectivity index (χ3n) is 11.0. The smallest absolute Gasteiger partial charge is 0.305 e. The predicted octanol–water partition coefficient (Wildman–Crippen LogP) is 14.0. The van der Waals surface area contributed by atoms with Gasteiger partial charge in [-0.1, -0.05) is 205 Å². The van der Waals surface area contributed by atoms with Crippen LogP contribution in [0.2, 0.25) is 0 Å². The van der Waals surface area contributed by atoms with Gasteiger partial charge in [-0.15, -0.1) is 0 Å². The molecule has 1 amide bonds. The Labute approximate surface area is 341 Å². The third-order valence-corrected chi connectivity index (χ3v) is 11.0. The average molecular weight is 776 g/mol. The van der Waals surface area contributed by atoms with Crippen LogP contribution in [0.25, 0.3) is 0 Å². The van der Waals surface area contributed by atoms with Crippen LogP contribution < -0.4 is 5.32 Å². The molecule has 2 atom stereocenters. The molecule has 0 fully saturated rings. The maximum atomic E-state index is 12.4. The standard InChI is InChI=1S/C49H93NO5/c1-3-5-7-9-11-13-15-16-19-23-27-31-35-39-43-49(54)55-44-40-36-32-28-24-20-17-18-22-26-30-34-38-42-48(53)50-46(45-51)47(52)41-37-33-29-25-21-14-12-10-8-6-4-2/h18,22,37,41,46-47,51-52H,3-17,19-21,23-36,38-40,42-45H2,1-2H3,(H,50,53)/b22-18-,41-37+. The number of aliphatic hydroxyl groups excluding tert-OH is 2. The van der Waals surface area contributed by atoms with E-state index in [1.54, 1.807) is 6.08 Å². The highest BCUT2D eigenvalue weighted by Gasteiger charge is 2.18. The molecule has 0 saturated carbocycles. The van der Waals surface area contributed by atoms with Crippen LogP contribution in [0.5, 0.6) is 0 Å². The van der Waals surface area contributed by atoms with E-state index >= 15 is 0 Å². The molecule has 55 heavy (non-hydrogen) atoms. The van der Waals surface area contributed by atoms with Gasteiger partial charge in [0.25, 0.3) is 0 Å². The first-order chi connectivity index (χ1) is 27.0. The van der Waals surface area contributed by atoms with Crippen molar-refractivity contribution in [3.05, 3.63) is 24.3 Å². The summed E-state index contributed by atoms with van der Waals surface area (Å²) in [4.78, 5) is 24.4. The van der Waals surface area contributed by atoms with Gasteiger partial charge >= 0.3 is 5.97 Å². The van der Waals surface area contributed by atoms with Crippen molar-refractivity contribution in [3.63, 3.8) is 0 Å². The van der Waals surface area contributed by atoms with Crippen molar-refractivity contribution in [2.75, 3.05) is 13.2 Å². The van der Waals surface area contributed by atoms with Gasteiger partial charge in [-0.2, -0.15) is 0 Å². The van der Waals surface area contributed by atoms with Crippen LogP contribution in [-0.2, 0) is 14.3 Å². The van der Waals surface area contributed by atoms with Crippen LogP contribution in [0.4, 0.5) is 0 Å². The molecule has 3 N–H and O–H groups in total. The van der Waals surface area contributed by atoms with Crippen molar-refractivity contribution in [2.24, 2.45) is 0 Å². The number of aliphatic hydroxyl groups is 2. The lowest BCUT2D eigenvalue weighted by Crippen LogP contribution is -2.45. The quantitative estimate of drug-likeness (QED) is 0.0325. The summed E-state index contributed by atoms with van der Waals surface area (Å²) in [7, 11) is 0. The van der Waals surface area contributed by atoms with E-state index < -0.39 is 12.1 Å². The zero-order valence-electron chi connectivity index (χ0n) is 36.7. The van der Waals surface area contributed by atoms with E-state index in [2.05, 4.69) is 31.3 Å². The largest absolute Gasteiger partial charge is 0.466 e. The summed E-state index contributed by atoms with van der Waals surface area (Å²) in [5.74, 6) is -0.112. The lowest BCUT2D eigenvalue weighted by Gasteiger charge is -2.19. The first kappa shape index (κ1) is 53.3. The van der Waals surface area contributed by atoms with Crippen molar-refractivity contribution < 1.29 is 24.5 Å². The van der Waals surface area contributed by atoms with E-state index in [1.807, 2.05) is 6.08 Å². The molecule has 0 spiro atoms. The fourth-order valence-electron chi connectivity index (χ4n) is 7.21. The number of rotatable bonds is 44. The maximum Gasteiger partial charge on any atom is 0.305 e. The number of nitrogens with one attached hydrogen (secondary N) is 1. The molecular weight excluding hydrogens is 683 g/mol. The minimum atomic E-state index is -0.859. The Morgan fingerprint density at radius 1 is 0.491 bits per heavy atom. The Morgan fingerprint density at radius 2 is 0.855 bits per heavy atom. The molecule has 2 unspecified atom stereocenters. The zero-order valence-corrected chi connectivity index (χ0v) is 36.7. The Bertz CT molecular complexity index is 858. The first-order valence-corrected chi connectivity index (χ1v) is 24.1. The lowest BCUT2D eigenvalue weighted by molar-refractivity contribution is -0.143. The molecule has 0 aliphatic rings. The lowest BCUT2D eigenvalue weighted by atomic mass is 10.0. The Balaban J connectivity index is 3.51. The number of allylic oxidation sites excluding steroid dienone is 3. The summed E-state index contributed by atoms with van der Waals surface area (Å²) >= 11 is 0. The number of amides is 1. The fraction of sp³-hybridized carbons (Fsp3) is 0.878. The number of hydrogen-bond donors (Lipinski definition) is 3. The highest BCUT2D eigenvalue weighted by atomic mass is 16.5. The highest BCUT2D eigenvalue weighted by Crippen LogP contribution is 2.15. The van der Waals surface area contributed by atoms with Crippen LogP contribution in [-0.4, -0.2) is 47.4 Å². The Morgan fingerprint density at radius 3 is 1.31 bits per heavy atom. The number of esters is 1. The molecule has 0 bridgehead atoms. The third kappa shape index (κ3) is 41.8. The van der Waals surface area contributed by atoms with Crippen molar-refractivity contribution >= 4 is 11.9 Å². The van der Waals surface area contributed by atoms with E-state index in [9.17, 15) is 19.8 Å². The van der Waals surface area contributed by atoms with Gasteiger partial charge in [0, 0.05) is 12.8 Å². The average Bonchev–Trinajstić information content (AvgIpc) is 3.18. The molecule has 6 nitrogen and oxygen atoms in total. The van der Waals surface area contributed by atoms with Gasteiger partial charge in [-0.25, -0.2) is 0 Å². The summed E-state index contributed by atoms with van der Waals surface area (Å²) in [6.07, 6.45) is 51.7. The van der Waals surface area contributed by atoms with Crippen LogP contribution in [0.15, 0.2) is 24.3 Å². The van der Waals surface area contributed by atoms with Crippen LogP contribution in [0.3, 0.4) is 0 Å². The van der Waals surface area contributed by atoms with Gasteiger partial charge in [0.15, 0.2) is 0 Å². The molecule has 0 aromatic carbocycles. The number of carbonyl (C=O) groups is 2. The maximum absolute atomic E-state index is 12.4. The molecule has 0 aromatic heterocycles. The number of hydrogen-bond acceptors (Lipinski definition) is 5. The molecule has 6 heteroatoms. The molecule has 324 valence electrons. The summed E-state index contributed by atoms with van der Waals surface area (Å²) in [6.45, 7) is 4.84. The topological polar surface area (TPSA) is 95.9 Å². The van der Waals surface area contributed by atoms with Crippen LogP contribution >= 0.6 is 0 Å². The Kier molecular flexibility index (Phi) is 43.7. The van der Waals surface area contributed by atoms with Crippen molar-refractivity contribution in [2.45, 2.75) is 264 Å². The van der Waals surface area contributed by atoms with Crippen molar-refractivity contribution in [1.82, 2.24) is 5.32 Å². The second kappa shape index (κ2) is 45.0. The molecule has 0 aliphatic heterocycles. The fourth-order valence-corrected chi connectivity index (χ4v) is 7.21. The van der Waals surface area contributed by atoms with Crippen molar-refractivity contribution in [1.29, 1.82) is 0 Å². The van der Waals surface area contributed by atoms with Gasteiger partial charge < -0.3 is 20.3 Å². The summed E-state index contributed by atoms with van der Waals surface area (Å²) in [6, 6.07) is -0.645. The normalized spacial score (nSPS) is 12.9. The monoisotopic (exact) mass is 776 g/mol. The van der Waals surface area contributed by atoms with Gasteiger partial charge in [-0.3, -0.25) is 9.59 Å². The SMILES string of the molecule is CCCCCCCCCCC/C=C/C(O)C(CO)NC(=O)CCCCC/C=C\CCCCCCCCOC(=O)CCCCCCCCCCCCCCCC. The van der Waals surface area contributed by atoms with Gasteiger partial charge in [-0.05, 0) is 57.8 Å². The van der Waals surface area contributed by atoms with Gasteiger partial charge in [0.05, 0.1) is 25.4 Å². The highest BCUT2D eigenvalue weighted by molar-refractivity contribution is 5.76. The molecule has 0 heterocycles. The Hall–Kier alpha value is -1.66. The van der Waals surface area contributed by atoms with Crippen LogP contribution in [0, 0.1) is 0 Å². The van der Waals surface area contributed by atoms with Crippen LogP contribution in [0.1, 0.15) is 251 Å².